The average molecular weight is 207 g/mol. The predicted octanol–water partition coefficient (Wildman–Crippen LogP) is 1.33. The molecule has 0 radical (unpaired) electrons. The van der Waals surface area contributed by atoms with E-state index in [-0.39, 0.29) is 6.04 Å². The monoisotopic (exact) mass is 207 g/mol. The summed E-state index contributed by atoms with van der Waals surface area (Å²) in [5.41, 5.74) is 5.55. The maximum atomic E-state index is 11.2. The molecule has 0 bridgehead atoms. The van der Waals surface area contributed by atoms with Crippen LogP contribution in [0.1, 0.15) is 39.5 Å². The van der Waals surface area contributed by atoms with Gasteiger partial charge in [-0.3, -0.25) is 0 Å². The van der Waals surface area contributed by atoms with Crippen molar-refractivity contribution in [2.45, 2.75) is 45.6 Å². The zero-order chi connectivity index (χ0) is 10.3. The van der Waals surface area contributed by atoms with Gasteiger partial charge in [-0.05, 0) is 26.2 Å². The van der Waals surface area contributed by atoms with Crippen molar-refractivity contribution in [3.63, 3.8) is 0 Å². The summed E-state index contributed by atoms with van der Waals surface area (Å²) in [4.78, 5) is 0. The van der Waals surface area contributed by atoms with Gasteiger partial charge in [0, 0.05) is 11.8 Å². The fourth-order valence-corrected chi connectivity index (χ4v) is 2.67. The van der Waals surface area contributed by atoms with Crippen molar-refractivity contribution in [2.75, 3.05) is 11.5 Å². The lowest BCUT2D eigenvalue weighted by Crippen LogP contribution is -2.15. The molecule has 3 nitrogen and oxygen atoms in total. The van der Waals surface area contributed by atoms with E-state index in [9.17, 15) is 8.42 Å². The molecular weight excluding hydrogens is 186 g/mol. The molecule has 0 saturated heterocycles. The number of sulfone groups is 1. The highest BCUT2D eigenvalue weighted by atomic mass is 32.2. The van der Waals surface area contributed by atoms with Gasteiger partial charge in [-0.15, -0.1) is 0 Å². The summed E-state index contributed by atoms with van der Waals surface area (Å²) in [6.07, 6.45) is 3.31. The molecule has 0 aliphatic carbocycles. The quantitative estimate of drug-likeness (QED) is 0.641. The summed E-state index contributed by atoms with van der Waals surface area (Å²) in [6.45, 7) is 3.83. The molecule has 1 atom stereocenters. The van der Waals surface area contributed by atoms with Crippen LogP contribution in [-0.4, -0.2) is 26.0 Å². The molecule has 80 valence electrons. The standard InChI is InChI=1S/C9H21NO2S/c1-3-7-13(11,12)8-5-4-6-9(2)10/h9H,3-8,10H2,1-2H3. The Balaban J connectivity index is 3.53. The van der Waals surface area contributed by atoms with Crippen LogP contribution in [0.4, 0.5) is 0 Å². The van der Waals surface area contributed by atoms with Crippen molar-refractivity contribution in [2.24, 2.45) is 5.73 Å². The van der Waals surface area contributed by atoms with Gasteiger partial charge in [-0.2, -0.15) is 0 Å². The number of nitrogens with two attached hydrogens (primary N) is 1. The van der Waals surface area contributed by atoms with E-state index in [4.69, 9.17) is 5.73 Å². The van der Waals surface area contributed by atoms with Crippen LogP contribution in [0.2, 0.25) is 0 Å². The second-order valence-corrected chi connectivity index (χ2v) is 5.93. The van der Waals surface area contributed by atoms with Crippen LogP contribution in [0.25, 0.3) is 0 Å². The second kappa shape index (κ2) is 6.38. The number of hydrogen-bond acceptors (Lipinski definition) is 3. The third-order valence-corrected chi connectivity index (χ3v) is 3.82. The SMILES string of the molecule is CCCS(=O)(=O)CCCCC(C)N. The molecule has 1 unspecified atom stereocenters. The Morgan fingerprint density at radius 1 is 1.23 bits per heavy atom. The highest BCUT2D eigenvalue weighted by Gasteiger charge is 2.08. The van der Waals surface area contributed by atoms with E-state index in [2.05, 4.69) is 0 Å². The van der Waals surface area contributed by atoms with E-state index in [1.165, 1.54) is 0 Å². The third-order valence-electron chi connectivity index (χ3n) is 1.88. The Morgan fingerprint density at radius 3 is 2.31 bits per heavy atom. The Labute approximate surface area is 81.6 Å². The van der Waals surface area contributed by atoms with Crippen molar-refractivity contribution in [1.29, 1.82) is 0 Å². The molecule has 0 aromatic rings. The molecule has 0 heterocycles. The van der Waals surface area contributed by atoms with Gasteiger partial charge in [0.15, 0.2) is 0 Å². The van der Waals surface area contributed by atoms with E-state index in [1.807, 2.05) is 13.8 Å². The summed E-state index contributed by atoms with van der Waals surface area (Å²) in [7, 11) is -2.77. The van der Waals surface area contributed by atoms with E-state index < -0.39 is 9.84 Å². The molecule has 0 spiro atoms. The first-order chi connectivity index (χ1) is 5.98. The van der Waals surface area contributed by atoms with E-state index in [1.54, 1.807) is 0 Å². The van der Waals surface area contributed by atoms with Gasteiger partial charge < -0.3 is 5.73 Å². The summed E-state index contributed by atoms with van der Waals surface area (Å²) in [5, 5.41) is 0. The van der Waals surface area contributed by atoms with E-state index in [0.717, 1.165) is 25.7 Å². The lowest BCUT2D eigenvalue weighted by atomic mass is 10.2. The smallest absolute Gasteiger partial charge is 0.150 e. The van der Waals surface area contributed by atoms with Crippen molar-refractivity contribution >= 4 is 9.84 Å². The molecule has 0 aliphatic rings. The Morgan fingerprint density at radius 2 is 1.85 bits per heavy atom. The molecule has 0 aliphatic heterocycles. The molecule has 0 saturated carbocycles. The largest absolute Gasteiger partial charge is 0.328 e. The minimum Gasteiger partial charge on any atom is -0.328 e. The Hall–Kier alpha value is -0.0900. The summed E-state index contributed by atoms with van der Waals surface area (Å²) in [5.74, 6) is 0.652. The normalized spacial score (nSPS) is 14.4. The highest BCUT2D eigenvalue weighted by molar-refractivity contribution is 7.91. The maximum Gasteiger partial charge on any atom is 0.150 e. The van der Waals surface area contributed by atoms with Crippen LogP contribution >= 0.6 is 0 Å². The van der Waals surface area contributed by atoms with Gasteiger partial charge in [-0.25, -0.2) is 8.42 Å². The number of rotatable bonds is 7. The topological polar surface area (TPSA) is 60.2 Å². The lowest BCUT2D eigenvalue weighted by molar-refractivity contribution is 0.579. The van der Waals surface area contributed by atoms with Gasteiger partial charge in [0.05, 0.1) is 5.75 Å². The van der Waals surface area contributed by atoms with Crippen molar-refractivity contribution in [3.05, 3.63) is 0 Å². The first-order valence-electron chi connectivity index (χ1n) is 4.94. The fraction of sp³-hybridized carbons (Fsp3) is 1.00. The van der Waals surface area contributed by atoms with Crippen molar-refractivity contribution < 1.29 is 8.42 Å². The van der Waals surface area contributed by atoms with Gasteiger partial charge >= 0.3 is 0 Å². The minimum absolute atomic E-state index is 0.189. The number of unbranched alkanes of at least 4 members (excludes halogenated alkanes) is 1. The average Bonchev–Trinajstić information content (AvgIpc) is 1.98. The van der Waals surface area contributed by atoms with Crippen LogP contribution in [0.15, 0.2) is 0 Å². The Bertz CT molecular complexity index is 210. The van der Waals surface area contributed by atoms with Gasteiger partial charge in [0.1, 0.15) is 9.84 Å². The first-order valence-corrected chi connectivity index (χ1v) is 6.76. The molecule has 0 aromatic carbocycles. The van der Waals surface area contributed by atoms with Crippen LogP contribution in [0, 0.1) is 0 Å². The Kier molecular flexibility index (Phi) is 6.33. The van der Waals surface area contributed by atoms with Crippen LogP contribution in [0.3, 0.4) is 0 Å². The third kappa shape index (κ3) is 8.25. The molecule has 0 aromatic heterocycles. The molecule has 0 rings (SSSR count). The highest BCUT2D eigenvalue weighted by Crippen LogP contribution is 2.03. The molecule has 4 heteroatoms. The van der Waals surface area contributed by atoms with Crippen molar-refractivity contribution in [1.82, 2.24) is 0 Å². The lowest BCUT2D eigenvalue weighted by Gasteiger charge is -2.04. The minimum atomic E-state index is -2.77. The zero-order valence-corrected chi connectivity index (χ0v) is 9.44. The van der Waals surface area contributed by atoms with Crippen molar-refractivity contribution in [3.8, 4) is 0 Å². The summed E-state index contributed by atoms with van der Waals surface area (Å²) < 4.78 is 22.5. The molecule has 2 N–H and O–H groups in total. The predicted molar refractivity (Wildman–Crippen MR) is 56.4 cm³/mol. The van der Waals surface area contributed by atoms with Crippen LogP contribution < -0.4 is 5.73 Å². The van der Waals surface area contributed by atoms with E-state index in [0.29, 0.717) is 11.5 Å². The van der Waals surface area contributed by atoms with Gasteiger partial charge in [0.25, 0.3) is 0 Å². The fourth-order valence-electron chi connectivity index (χ4n) is 1.20. The van der Waals surface area contributed by atoms with Crippen LogP contribution in [-0.2, 0) is 9.84 Å². The first kappa shape index (κ1) is 12.9. The molecule has 0 amide bonds. The number of hydrogen-bond donors (Lipinski definition) is 1. The van der Waals surface area contributed by atoms with Gasteiger partial charge in [0.2, 0.25) is 0 Å². The second-order valence-electron chi connectivity index (χ2n) is 3.62. The summed E-state index contributed by atoms with van der Waals surface area (Å²) in [6, 6.07) is 0.189. The van der Waals surface area contributed by atoms with E-state index >= 15 is 0 Å². The van der Waals surface area contributed by atoms with Gasteiger partial charge in [-0.1, -0.05) is 13.3 Å². The maximum absolute atomic E-state index is 11.2. The van der Waals surface area contributed by atoms with Crippen LogP contribution in [0.5, 0.6) is 0 Å². The zero-order valence-electron chi connectivity index (χ0n) is 8.62. The molecular formula is C9H21NO2S. The summed E-state index contributed by atoms with van der Waals surface area (Å²) >= 11 is 0. The molecule has 0 fully saturated rings. The molecule has 13 heavy (non-hydrogen) atoms.